The lowest BCUT2D eigenvalue weighted by atomic mass is 9.89. The number of Topliss-reactive ketones (excluding diaryl/α,β-unsaturated/α-hetero) is 1. The first-order chi connectivity index (χ1) is 6.50. The van der Waals surface area contributed by atoms with Crippen molar-refractivity contribution in [3.63, 3.8) is 0 Å². The predicted molar refractivity (Wildman–Crippen MR) is 59.4 cm³/mol. The van der Waals surface area contributed by atoms with E-state index >= 15 is 0 Å². The zero-order valence-electron chi connectivity index (χ0n) is 10.2. The molecule has 0 aliphatic carbocycles. The molecule has 2 unspecified atom stereocenters. The summed E-state index contributed by atoms with van der Waals surface area (Å²) in [4.78, 5) is 11.9. The Morgan fingerprint density at radius 3 is 2.29 bits per heavy atom. The fraction of sp³-hybridized carbons (Fsp3) is 0.917. The molecule has 0 bridgehead atoms. The van der Waals surface area contributed by atoms with Crippen LogP contribution in [0.5, 0.6) is 0 Å². The van der Waals surface area contributed by atoms with Gasteiger partial charge in [0, 0.05) is 13.0 Å². The molecule has 0 saturated heterocycles. The summed E-state index contributed by atoms with van der Waals surface area (Å²) in [6.45, 7) is 10.7. The topological polar surface area (TPSA) is 26.3 Å². The van der Waals surface area contributed by atoms with E-state index in [9.17, 15) is 4.79 Å². The summed E-state index contributed by atoms with van der Waals surface area (Å²) in [7, 11) is 0. The monoisotopic (exact) mass is 200 g/mol. The molecule has 0 heterocycles. The summed E-state index contributed by atoms with van der Waals surface area (Å²) >= 11 is 0. The van der Waals surface area contributed by atoms with E-state index in [1.165, 1.54) is 0 Å². The number of ether oxygens (including phenoxy) is 1. The lowest BCUT2D eigenvalue weighted by Gasteiger charge is -2.27. The van der Waals surface area contributed by atoms with Crippen LogP contribution in [0.25, 0.3) is 0 Å². The third-order valence-corrected chi connectivity index (χ3v) is 2.96. The molecular formula is C12H24O2. The van der Waals surface area contributed by atoms with E-state index in [0.717, 1.165) is 12.8 Å². The predicted octanol–water partition coefficient (Wildman–Crippen LogP) is 3.20. The molecule has 2 heteroatoms. The number of ketones is 1. The molecule has 0 amide bonds. The van der Waals surface area contributed by atoms with Gasteiger partial charge in [0.1, 0.15) is 5.60 Å². The van der Waals surface area contributed by atoms with Gasteiger partial charge in [0.25, 0.3) is 0 Å². The van der Waals surface area contributed by atoms with Crippen molar-refractivity contribution in [3.8, 4) is 0 Å². The maximum Gasteiger partial charge on any atom is 0.164 e. The molecule has 0 spiro atoms. The molecule has 0 aromatic rings. The maximum absolute atomic E-state index is 11.9. The number of hydrogen-bond donors (Lipinski definition) is 0. The SMILES string of the molecule is CCOC(C)(CC)C(=O)CC(C)CC. The van der Waals surface area contributed by atoms with E-state index in [2.05, 4.69) is 13.8 Å². The van der Waals surface area contributed by atoms with Crippen LogP contribution in [0.1, 0.15) is 53.9 Å². The van der Waals surface area contributed by atoms with Crippen LogP contribution < -0.4 is 0 Å². The van der Waals surface area contributed by atoms with Crippen LogP contribution in [0.3, 0.4) is 0 Å². The van der Waals surface area contributed by atoms with Gasteiger partial charge in [0.15, 0.2) is 5.78 Å². The van der Waals surface area contributed by atoms with E-state index in [-0.39, 0.29) is 5.78 Å². The van der Waals surface area contributed by atoms with Gasteiger partial charge in [-0.2, -0.15) is 0 Å². The third kappa shape index (κ3) is 3.79. The lowest BCUT2D eigenvalue weighted by molar-refractivity contribution is -0.143. The Balaban J connectivity index is 4.30. The molecule has 0 aromatic heterocycles. The Bertz CT molecular complexity index is 177. The highest BCUT2D eigenvalue weighted by Crippen LogP contribution is 2.21. The highest BCUT2D eigenvalue weighted by Gasteiger charge is 2.31. The van der Waals surface area contributed by atoms with Crippen molar-refractivity contribution in [3.05, 3.63) is 0 Å². The average molecular weight is 200 g/mol. The van der Waals surface area contributed by atoms with Crippen LogP contribution in [0.15, 0.2) is 0 Å². The molecular weight excluding hydrogens is 176 g/mol. The van der Waals surface area contributed by atoms with Crippen molar-refractivity contribution in [2.75, 3.05) is 6.61 Å². The van der Waals surface area contributed by atoms with Gasteiger partial charge in [-0.25, -0.2) is 0 Å². The van der Waals surface area contributed by atoms with Gasteiger partial charge in [-0.05, 0) is 26.2 Å². The highest BCUT2D eigenvalue weighted by molar-refractivity contribution is 5.87. The van der Waals surface area contributed by atoms with Crippen molar-refractivity contribution < 1.29 is 9.53 Å². The Morgan fingerprint density at radius 1 is 1.36 bits per heavy atom. The number of carbonyl (C=O) groups excluding carboxylic acids is 1. The first-order valence-corrected chi connectivity index (χ1v) is 5.67. The van der Waals surface area contributed by atoms with Crippen molar-refractivity contribution in [1.82, 2.24) is 0 Å². The van der Waals surface area contributed by atoms with Crippen LogP contribution in [0.2, 0.25) is 0 Å². The van der Waals surface area contributed by atoms with Crippen molar-refractivity contribution in [2.24, 2.45) is 5.92 Å². The van der Waals surface area contributed by atoms with E-state index in [1.807, 2.05) is 20.8 Å². The van der Waals surface area contributed by atoms with Crippen molar-refractivity contribution in [1.29, 1.82) is 0 Å². The van der Waals surface area contributed by atoms with Gasteiger partial charge in [0.05, 0.1) is 0 Å². The standard InChI is InChI=1S/C12H24O2/c1-6-10(4)9-11(13)12(5,7-2)14-8-3/h10H,6-9H2,1-5H3. The minimum absolute atomic E-state index is 0.246. The average Bonchev–Trinajstić information content (AvgIpc) is 2.17. The number of hydrogen-bond acceptors (Lipinski definition) is 2. The van der Waals surface area contributed by atoms with E-state index < -0.39 is 5.60 Å². The molecule has 0 aromatic carbocycles. The Hall–Kier alpha value is -0.370. The van der Waals surface area contributed by atoms with Crippen LogP contribution in [-0.4, -0.2) is 18.0 Å². The molecule has 0 rings (SSSR count). The molecule has 0 saturated carbocycles. The minimum Gasteiger partial charge on any atom is -0.368 e. The zero-order chi connectivity index (χ0) is 11.2. The Kier molecular flexibility index (Phi) is 6.01. The minimum atomic E-state index is -0.557. The van der Waals surface area contributed by atoms with Crippen LogP contribution >= 0.6 is 0 Å². The van der Waals surface area contributed by atoms with Gasteiger partial charge < -0.3 is 4.74 Å². The molecule has 14 heavy (non-hydrogen) atoms. The van der Waals surface area contributed by atoms with E-state index in [1.54, 1.807) is 0 Å². The first kappa shape index (κ1) is 13.6. The lowest BCUT2D eigenvalue weighted by Crippen LogP contribution is -2.38. The van der Waals surface area contributed by atoms with Crippen LogP contribution in [-0.2, 0) is 9.53 Å². The molecule has 0 aliphatic rings. The fourth-order valence-corrected chi connectivity index (χ4v) is 1.38. The van der Waals surface area contributed by atoms with Gasteiger partial charge >= 0.3 is 0 Å². The van der Waals surface area contributed by atoms with E-state index in [0.29, 0.717) is 18.9 Å². The summed E-state index contributed by atoms with van der Waals surface area (Å²) < 4.78 is 5.54. The second kappa shape index (κ2) is 6.18. The van der Waals surface area contributed by atoms with E-state index in [4.69, 9.17) is 4.74 Å². The second-order valence-electron chi connectivity index (χ2n) is 4.16. The van der Waals surface area contributed by atoms with Gasteiger partial charge in [-0.3, -0.25) is 4.79 Å². The molecule has 0 aliphatic heterocycles. The largest absolute Gasteiger partial charge is 0.368 e. The third-order valence-electron chi connectivity index (χ3n) is 2.96. The summed E-state index contributed by atoms with van der Waals surface area (Å²) in [6.07, 6.45) is 2.45. The Labute approximate surface area is 88.0 Å². The number of rotatable bonds is 7. The Morgan fingerprint density at radius 2 is 1.93 bits per heavy atom. The number of carbonyl (C=O) groups is 1. The summed E-state index contributed by atoms with van der Waals surface area (Å²) in [5.41, 5.74) is -0.557. The molecule has 2 atom stereocenters. The van der Waals surface area contributed by atoms with Crippen LogP contribution in [0.4, 0.5) is 0 Å². The molecule has 2 nitrogen and oxygen atoms in total. The fourth-order valence-electron chi connectivity index (χ4n) is 1.38. The quantitative estimate of drug-likeness (QED) is 0.631. The second-order valence-corrected chi connectivity index (χ2v) is 4.16. The normalized spacial score (nSPS) is 17.5. The van der Waals surface area contributed by atoms with Crippen molar-refractivity contribution in [2.45, 2.75) is 59.5 Å². The molecule has 0 fully saturated rings. The molecule has 0 N–H and O–H groups in total. The maximum atomic E-state index is 11.9. The van der Waals surface area contributed by atoms with Crippen molar-refractivity contribution >= 4 is 5.78 Å². The van der Waals surface area contributed by atoms with Gasteiger partial charge in [-0.1, -0.05) is 27.2 Å². The zero-order valence-corrected chi connectivity index (χ0v) is 10.2. The first-order valence-electron chi connectivity index (χ1n) is 5.67. The summed E-state index contributed by atoms with van der Waals surface area (Å²) in [6, 6.07) is 0. The van der Waals surface area contributed by atoms with Gasteiger partial charge in [0.2, 0.25) is 0 Å². The highest BCUT2D eigenvalue weighted by atomic mass is 16.5. The smallest absolute Gasteiger partial charge is 0.164 e. The summed E-state index contributed by atoms with van der Waals surface area (Å²) in [5, 5.41) is 0. The van der Waals surface area contributed by atoms with Gasteiger partial charge in [-0.15, -0.1) is 0 Å². The summed E-state index contributed by atoms with van der Waals surface area (Å²) in [5.74, 6) is 0.713. The van der Waals surface area contributed by atoms with Crippen LogP contribution in [0, 0.1) is 5.92 Å². The molecule has 84 valence electrons. The molecule has 0 radical (unpaired) electrons.